The lowest BCUT2D eigenvalue weighted by molar-refractivity contribution is 0.102. The van der Waals surface area contributed by atoms with Gasteiger partial charge in [0.2, 0.25) is 0 Å². The highest BCUT2D eigenvalue weighted by molar-refractivity contribution is 6.02. The lowest BCUT2D eigenvalue weighted by atomic mass is 10.2. The van der Waals surface area contributed by atoms with E-state index < -0.39 is 0 Å². The van der Waals surface area contributed by atoms with Gasteiger partial charge in [-0.2, -0.15) is 0 Å². The van der Waals surface area contributed by atoms with Gasteiger partial charge in [0.1, 0.15) is 0 Å². The summed E-state index contributed by atoms with van der Waals surface area (Å²) in [5, 5.41) is 13.9. The molecule has 0 atom stereocenters. The Morgan fingerprint density at radius 2 is 1.65 bits per heavy atom. The summed E-state index contributed by atoms with van der Waals surface area (Å²) >= 11 is 0. The van der Waals surface area contributed by atoms with Gasteiger partial charge >= 0.3 is 0 Å². The summed E-state index contributed by atoms with van der Waals surface area (Å²) in [4.78, 5) is 12.1. The van der Waals surface area contributed by atoms with Crippen LogP contribution in [0.2, 0.25) is 0 Å². The molecule has 1 aromatic heterocycles. The van der Waals surface area contributed by atoms with Crippen LogP contribution in [0, 0.1) is 6.92 Å². The van der Waals surface area contributed by atoms with E-state index >= 15 is 0 Å². The zero-order valence-electron chi connectivity index (χ0n) is 12.7. The molecule has 0 spiro atoms. The summed E-state index contributed by atoms with van der Waals surface area (Å²) < 4.78 is 0. The molecular weight excluding hydrogens is 288 g/mol. The number of hydrogen-bond donors (Lipinski definition) is 2. The van der Waals surface area contributed by atoms with Gasteiger partial charge in [-0.25, -0.2) is 0 Å². The van der Waals surface area contributed by atoms with Crippen molar-refractivity contribution >= 4 is 23.1 Å². The standard InChI is InChI=1S/C18H16N4O/c1-13-6-5-9-15(12-13)19-17-11-10-16(21-22-17)18(23)20-14-7-3-2-4-8-14/h2-12H,1H3,(H,19,22)(H,20,23). The van der Waals surface area contributed by atoms with E-state index in [1.165, 1.54) is 0 Å². The molecule has 1 heterocycles. The van der Waals surface area contributed by atoms with Crippen LogP contribution in [-0.2, 0) is 0 Å². The number of carbonyl (C=O) groups is 1. The van der Waals surface area contributed by atoms with Gasteiger partial charge < -0.3 is 10.6 Å². The Hall–Kier alpha value is -3.21. The predicted octanol–water partition coefficient (Wildman–Crippen LogP) is 3.78. The largest absolute Gasteiger partial charge is 0.339 e. The molecule has 5 nitrogen and oxygen atoms in total. The van der Waals surface area contributed by atoms with Gasteiger partial charge in [-0.15, -0.1) is 10.2 Å². The van der Waals surface area contributed by atoms with Crippen LogP contribution in [0.1, 0.15) is 16.1 Å². The molecule has 1 amide bonds. The Bertz CT molecular complexity index is 801. The van der Waals surface area contributed by atoms with E-state index in [1.807, 2.05) is 61.5 Å². The number of carbonyl (C=O) groups excluding carboxylic acids is 1. The third kappa shape index (κ3) is 3.91. The van der Waals surface area contributed by atoms with Crippen LogP contribution in [0.5, 0.6) is 0 Å². The molecule has 0 unspecified atom stereocenters. The third-order valence-electron chi connectivity index (χ3n) is 3.22. The number of rotatable bonds is 4. The van der Waals surface area contributed by atoms with Crippen molar-refractivity contribution in [1.29, 1.82) is 0 Å². The second kappa shape index (κ2) is 6.70. The van der Waals surface area contributed by atoms with Crippen molar-refractivity contribution in [3.05, 3.63) is 78.0 Å². The lowest BCUT2D eigenvalue weighted by Crippen LogP contribution is -2.14. The summed E-state index contributed by atoms with van der Waals surface area (Å²) in [5.41, 5.74) is 3.08. The van der Waals surface area contributed by atoms with Crippen LogP contribution in [-0.4, -0.2) is 16.1 Å². The SMILES string of the molecule is Cc1cccc(Nc2ccc(C(=O)Nc3ccccc3)nn2)c1. The molecule has 3 rings (SSSR count). The molecule has 2 N–H and O–H groups in total. The number of benzene rings is 2. The Balaban J connectivity index is 1.68. The Kier molecular flexibility index (Phi) is 4.29. The molecule has 0 aliphatic heterocycles. The minimum absolute atomic E-state index is 0.267. The fourth-order valence-corrected chi connectivity index (χ4v) is 2.11. The molecule has 114 valence electrons. The number of hydrogen-bond acceptors (Lipinski definition) is 4. The van der Waals surface area contributed by atoms with Gasteiger partial charge in [-0.05, 0) is 48.9 Å². The molecule has 0 saturated heterocycles. The Labute approximate surface area is 134 Å². The normalized spacial score (nSPS) is 10.1. The second-order valence-electron chi connectivity index (χ2n) is 5.12. The minimum Gasteiger partial charge on any atom is -0.339 e. The molecule has 0 aliphatic carbocycles. The highest BCUT2D eigenvalue weighted by atomic mass is 16.1. The maximum atomic E-state index is 12.1. The van der Waals surface area contributed by atoms with Crippen LogP contribution >= 0.6 is 0 Å². The summed E-state index contributed by atoms with van der Waals surface area (Å²) in [5.74, 6) is 0.303. The van der Waals surface area contributed by atoms with Gasteiger partial charge in [-0.1, -0.05) is 30.3 Å². The molecule has 0 fully saturated rings. The monoisotopic (exact) mass is 304 g/mol. The van der Waals surface area contributed by atoms with Gasteiger partial charge in [-0.3, -0.25) is 4.79 Å². The lowest BCUT2D eigenvalue weighted by Gasteiger charge is -2.07. The average Bonchev–Trinajstić information content (AvgIpc) is 2.56. The number of anilines is 3. The molecule has 0 bridgehead atoms. The van der Waals surface area contributed by atoms with Crippen molar-refractivity contribution < 1.29 is 4.79 Å². The van der Waals surface area contributed by atoms with Gasteiger partial charge in [0, 0.05) is 11.4 Å². The van der Waals surface area contributed by atoms with Gasteiger partial charge in [0.05, 0.1) is 0 Å². The van der Waals surface area contributed by atoms with E-state index in [0.717, 1.165) is 16.9 Å². The van der Waals surface area contributed by atoms with Crippen molar-refractivity contribution in [2.24, 2.45) is 0 Å². The fraction of sp³-hybridized carbons (Fsp3) is 0.0556. The Morgan fingerprint density at radius 3 is 2.35 bits per heavy atom. The molecule has 2 aromatic carbocycles. The van der Waals surface area contributed by atoms with Crippen molar-refractivity contribution in [3.8, 4) is 0 Å². The van der Waals surface area contributed by atoms with Crippen LogP contribution in [0.25, 0.3) is 0 Å². The average molecular weight is 304 g/mol. The van der Waals surface area contributed by atoms with Crippen LogP contribution < -0.4 is 10.6 Å². The van der Waals surface area contributed by atoms with Crippen molar-refractivity contribution in [1.82, 2.24) is 10.2 Å². The minimum atomic E-state index is -0.286. The van der Waals surface area contributed by atoms with Crippen LogP contribution in [0.15, 0.2) is 66.7 Å². The number of aryl methyl sites for hydroxylation is 1. The molecule has 0 aliphatic rings. The first-order valence-electron chi connectivity index (χ1n) is 7.24. The van der Waals surface area contributed by atoms with E-state index in [1.54, 1.807) is 12.1 Å². The van der Waals surface area contributed by atoms with Crippen molar-refractivity contribution in [2.75, 3.05) is 10.6 Å². The topological polar surface area (TPSA) is 66.9 Å². The highest BCUT2D eigenvalue weighted by Gasteiger charge is 2.08. The Morgan fingerprint density at radius 1 is 0.870 bits per heavy atom. The maximum Gasteiger partial charge on any atom is 0.276 e. The van der Waals surface area contributed by atoms with E-state index in [2.05, 4.69) is 20.8 Å². The van der Waals surface area contributed by atoms with Crippen LogP contribution in [0.3, 0.4) is 0 Å². The molecule has 23 heavy (non-hydrogen) atoms. The third-order valence-corrected chi connectivity index (χ3v) is 3.22. The molecule has 5 heteroatoms. The first-order chi connectivity index (χ1) is 11.2. The first kappa shape index (κ1) is 14.7. The van der Waals surface area contributed by atoms with E-state index in [4.69, 9.17) is 0 Å². The predicted molar refractivity (Wildman–Crippen MR) is 90.9 cm³/mol. The molecular formula is C18H16N4O. The van der Waals surface area contributed by atoms with E-state index in [-0.39, 0.29) is 11.6 Å². The summed E-state index contributed by atoms with van der Waals surface area (Å²) in [6, 6.07) is 20.6. The van der Waals surface area contributed by atoms with Crippen molar-refractivity contribution in [3.63, 3.8) is 0 Å². The number of nitrogens with zero attached hydrogens (tertiary/aromatic N) is 2. The molecule has 0 saturated carbocycles. The number of para-hydroxylation sites is 1. The van der Waals surface area contributed by atoms with Crippen molar-refractivity contribution in [2.45, 2.75) is 6.92 Å². The molecule has 0 radical (unpaired) electrons. The van der Waals surface area contributed by atoms with E-state index in [0.29, 0.717) is 5.82 Å². The summed E-state index contributed by atoms with van der Waals surface area (Å²) in [6.07, 6.45) is 0. The first-order valence-corrected chi connectivity index (χ1v) is 7.24. The number of amides is 1. The second-order valence-corrected chi connectivity index (χ2v) is 5.12. The zero-order valence-corrected chi connectivity index (χ0v) is 12.7. The maximum absolute atomic E-state index is 12.1. The summed E-state index contributed by atoms with van der Waals surface area (Å²) in [6.45, 7) is 2.02. The smallest absolute Gasteiger partial charge is 0.276 e. The van der Waals surface area contributed by atoms with E-state index in [9.17, 15) is 4.79 Å². The highest BCUT2D eigenvalue weighted by Crippen LogP contribution is 2.15. The zero-order chi connectivity index (χ0) is 16.1. The number of nitrogens with one attached hydrogen (secondary N) is 2. The van der Waals surface area contributed by atoms with Gasteiger partial charge in [0.25, 0.3) is 5.91 Å². The molecule has 3 aromatic rings. The van der Waals surface area contributed by atoms with Crippen LogP contribution in [0.4, 0.5) is 17.2 Å². The van der Waals surface area contributed by atoms with Gasteiger partial charge in [0.15, 0.2) is 11.5 Å². The fourth-order valence-electron chi connectivity index (χ4n) is 2.11. The summed E-state index contributed by atoms with van der Waals surface area (Å²) in [7, 11) is 0. The quantitative estimate of drug-likeness (QED) is 0.769. The number of aromatic nitrogens is 2.